The van der Waals surface area contributed by atoms with Crippen molar-refractivity contribution in [1.82, 2.24) is 19.9 Å². The fraction of sp³-hybridized carbons (Fsp3) is 0.347. The molecular formula is C49H54N4O5. The number of H-pyrrole nitrogens is 2. The first kappa shape index (κ1) is 40.4. The summed E-state index contributed by atoms with van der Waals surface area (Å²) >= 11 is 0. The number of hydrogen-bond acceptors (Lipinski definition) is 7. The lowest BCUT2D eigenvalue weighted by Gasteiger charge is -2.14. The van der Waals surface area contributed by atoms with Crippen LogP contribution < -0.4 is 0 Å². The van der Waals surface area contributed by atoms with E-state index in [0.29, 0.717) is 16.8 Å². The number of carbonyl (C=O) groups excluding carboxylic acids is 2. The van der Waals surface area contributed by atoms with Crippen LogP contribution in [-0.2, 0) is 22.3 Å². The number of aryl methyl sites for hydroxylation is 2. The SMILES string of the molecule is CCCCCCc1c2nc(c(-c3ccc(C(=O)OC)cc3)c3ccc([nH]3)c(-c3ccc(C(=O)OC)cc3)c3nc(c(CCCCCC)c4ccc1[nH]4)[C@@H](C)[C@H]3O)C=C2. The first-order valence-corrected chi connectivity index (χ1v) is 20.8. The van der Waals surface area contributed by atoms with Crippen molar-refractivity contribution in [2.45, 2.75) is 97.0 Å². The number of aromatic nitrogens is 4. The number of nitrogens with one attached hydrogen (secondary N) is 2. The number of nitrogens with zero attached hydrogens (tertiary/aromatic N) is 2. The van der Waals surface area contributed by atoms with Gasteiger partial charge in [-0.05, 0) is 103 Å². The van der Waals surface area contributed by atoms with E-state index < -0.39 is 18.0 Å². The predicted molar refractivity (Wildman–Crippen MR) is 233 cm³/mol. The molecule has 2 atom stereocenters. The Morgan fingerprint density at radius 1 is 0.586 bits per heavy atom. The molecule has 0 fully saturated rings. The van der Waals surface area contributed by atoms with Gasteiger partial charge in [-0.1, -0.05) is 83.6 Å². The summed E-state index contributed by atoms with van der Waals surface area (Å²) in [5, 5.41) is 12.2. The maximum absolute atomic E-state index is 12.5. The van der Waals surface area contributed by atoms with Gasteiger partial charge in [-0.2, -0.15) is 0 Å². The van der Waals surface area contributed by atoms with Crippen molar-refractivity contribution in [2.75, 3.05) is 14.2 Å². The van der Waals surface area contributed by atoms with E-state index in [-0.39, 0.29) is 5.92 Å². The monoisotopic (exact) mass is 778 g/mol. The molecule has 0 aliphatic carbocycles. The number of ether oxygens (including phenoxy) is 2. The number of aliphatic hydroxyl groups is 1. The number of rotatable bonds is 14. The van der Waals surface area contributed by atoms with Gasteiger partial charge in [0.15, 0.2) is 0 Å². The highest BCUT2D eigenvalue weighted by atomic mass is 16.5. The van der Waals surface area contributed by atoms with Crippen LogP contribution >= 0.6 is 0 Å². The van der Waals surface area contributed by atoms with Crippen LogP contribution in [0.3, 0.4) is 0 Å². The molecule has 0 amide bonds. The van der Waals surface area contributed by atoms with Crippen LogP contribution in [0.2, 0.25) is 0 Å². The number of aromatic amines is 2. The Bertz CT molecular complexity index is 2480. The minimum atomic E-state index is -0.887. The third kappa shape index (κ3) is 8.27. The summed E-state index contributed by atoms with van der Waals surface area (Å²) in [4.78, 5) is 43.2. The number of hydrogen-bond donors (Lipinski definition) is 3. The van der Waals surface area contributed by atoms with Crippen LogP contribution in [0, 0.1) is 0 Å². The summed E-state index contributed by atoms with van der Waals surface area (Å²) < 4.78 is 9.99. The van der Waals surface area contributed by atoms with Crippen LogP contribution in [-0.4, -0.2) is 51.2 Å². The van der Waals surface area contributed by atoms with Crippen LogP contribution in [0.4, 0.5) is 0 Å². The van der Waals surface area contributed by atoms with E-state index in [4.69, 9.17) is 19.4 Å². The number of carbonyl (C=O) groups is 2. The fourth-order valence-electron chi connectivity index (χ4n) is 8.26. The zero-order valence-corrected chi connectivity index (χ0v) is 34.3. The Hall–Kier alpha value is -5.80. The van der Waals surface area contributed by atoms with Gasteiger partial charge in [-0.15, -0.1) is 0 Å². The van der Waals surface area contributed by atoms with Gasteiger partial charge in [0.2, 0.25) is 0 Å². The molecule has 58 heavy (non-hydrogen) atoms. The van der Waals surface area contributed by atoms with E-state index in [9.17, 15) is 14.7 Å². The summed E-state index contributed by atoms with van der Waals surface area (Å²) in [6, 6.07) is 23.0. The van der Waals surface area contributed by atoms with Gasteiger partial charge in [0.05, 0.1) is 48.1 Å². The van der Waals surface area contributed by atoms with E-state index in [1.54, 1.807) is 24.3 Å². The Balaban J connectivity index is 1.58. The fourth-order valence-corrected chi connectivity index (χ4v) is 8.26. The molecule has 300 valence electrons. The van der Waals surface area contributed by atoms with Crippen molar-refractivity contribution < 1.29 is 24.2 Å². The quantitative estimate of drug-likeness (QED) is 0.0741. The van der Waals surface area contributed by atoms with E-state index in [2.05, 4.69) is 55.0 Å². The Morgan fingerprint density at radius 2 is 1.07 bits per heavy atom. The second kappa shape index (κ2) is 18.2. The van der Waals surface area contributed by atoms with E-state index in [1.165, 1.54) is 26.2 Å². The van der Waals surface area contributed by atoms with E-state index in [1.807, 2.05) is 36.4 Å². The average molecular weight is 779 g/mol. The van der Waals surface area contributed by atoms with Crippen LogP contribution in [0.15, 0.2) is 72.8 Å². The lowest BCUT2D eigenvalue weighted by Crippen LogP contribution is -2.04. The lowest BCUT2D eigenvalue weighted by molar-refractivity contribution is 0.0592. The van der Waals surface area contributed by atoms with Gasteiger partial charge in [-0.25, -0.2) is 14.6 Å². The van der Waals surface area contributed by atoms with Crippen LogP contribution in [0.25, 0.3) is 56.5 Å². The van der Waals surface area contributed by atoms with Crippen molar-refractivity contribution in [1.29, 1.82) is 0 Å². The first-order valence-electron chi connectivity index (χ1n) is 20.8. The molecule has 5 aromatic rings. The Morgan fingerprint density at radius 3 is 1.64 bits per heavy atom. The summed E-state index contributed by atoms with van der Waals surface area (Å²) in [7, 11) is 2.75. The molecule has 5 heterocycles. The average Bonchev–Trinajstić information content (AvgIpc) is 4.08. The second-order valence-electron chi connectivity index (χ2n) is 15.4. The van der Waals surface area contributed by atoms with E-state index >= 15 is 0 Å². The summed E-state index contributed by atoms with van der Waals surface area (Å²) in [5.41, 5.74) is 13.2. The molecule has 8 bridgehead atoms. The summed E-state index contributed by atoms with van der Waals surface area (Å²) in [6.45, 7) is 6.51. The third-order valence-corrected chi connectivity index (χ3v) is 11.5. The largest absolute Gasteiger partial charge is 0.465 e. The zero-order chi connectivity index (χ0) is 40.8. The first-order chi connectivity index (χ1) is 28.3. The molecule has 0 radical (unpaired) electrons. The van der Waals surface area contributed by atoms with Gasteiger partial charge in [0, 0.05) is 44.7 Å². The molecule has 2 aliphatic heterocycles. The minimum absolute atomic E-state index is 0.274. The molecule has 3 aromatic heterocycles. The van der Waals surface area contributed by atoms with Gasteiger partial charge >= 0.3 is 11.9 Å². The second-order valence-corrected chi connectivity index (χ2v) is 15.4. The highest BCUT2D eigenvalue weighted by molar-refractivity contribution is 5.96. The standard InChI is InChI=1S/C49H54N4O5/c1-6-8-10-12-14-35-37-24-25-39(50-37)36(15-13-11-9-7-2)45-30(3)47(54)46(53-45)44(32-18-22-34(23-19-32)49(56)58-5)42-29-28-41(52-42)43(40-27-26-38(35)51-40)31-16-20-33(21-17-31)48(55)57-4/h16-30,47,50,52,54H,6-15H2,1-5H3/t30-,47-/m1/s1. The lowest BCUT2D eigenvalue weighted by atomic mass is 9.93. The molecule has 0 unspecified atom stereocenters. The molecular weight excluding hydrogens is 725 g/mol. The van der Waals surface area contributed by atoms with Crippen molar-refractivity contribution in [3.8, 4) is 22.3 Å². The maximum atomic E-state index is 12.5. The normalized spacial score (nSPS) is 14.8. The smallest absolute Gasteiger partial charge is 0.337 e. The van der Waals surface area contributed by atoms with Gasteiger partial charge < -0.3 is 24.5 Å². The van der Waals surface area contributed by atoms with Crippen molar-refractivity contribution >= 4 is 46.2 Å². The number of aliphatic hydroxyl groups excluding tert-OH is 1. The highest BCUT2D eigenvalue weighted by Crippen LogP contribution is 2.43. The maximum Gasteiger partial charge on any atom is 0.337 e. The number of esters is 2. The predicted octanol–water partition coefficient (Wildman–Crippen LogP) is 11.5. The van der Waals surface area contributed by atoms with Gasteiger partial charge in [0.1, 0.15) is 6.10 Å². The molecule has 9 nitrogen and oxygen atoms in total. The van der Waals surface area contributed by atoms with E-state index in [0.717, 1.165) is 125 Å². The molecule has 2 aliphatic rings. The highest BCUT2D eigenvalue weighted by Gasteiger charge is 2.32. The zero-order valence-electron chi connectivity index (χ0n) is 34.3. The molecule has 0 spiro atoms. The van der Waals surface area contributed by atoms with Crippen LogP contribution in [0.1, 0.15) is 139 Å². The number of fused-ring (bicyclic) bond motifs is 8. The van der Waals surface area contributed by atoms with Gasteiger partial charge in [-0.3, -0.25) is 4.98 Å². The molecule has 9 heteroatoms. The molecule has 2 aromatic carbocycles. The van der Waals surface area contributed by atoms with Crippen molar-refractivity contribution in [3.63, 3.8) is 0 Å². The molecule has 7 rings (SSSR count). The molecule has 0 saturated heterocycles. The summed E-state index contributed by atoms with van der Waals surface area (Å²) in [5.74, 6) is -1.10. The molecule has 3 N–H and O–H groups in total. The van der Waals surface area contributed by atoms with Crippen LogP contribution in [0.5, 0.6) is 0 Å². The molecule has 0 saturated carbocycles. The number of unbranched alkanes of at least 4 members (excludes halogenated alkanes) is 6. The third-order valence-electron chi connectivity index (χ3n) is 11.5. The number of methoxy groups -OCH3 is 2. The Kier molecular flexibility index (Phi) is 12.7. The minimum Gasteiger partial charge on any atom is -0.465 e. The Labute approximate surface area is 340 Å². The van der Waals surface area contributed by atoms with Crippen molar-refractivity contribution in [3.05, 3.63) is 118 Å². The number of benzene rings is 2. The van der Waals surface area contributed by atoms with Gasteiger partial charge in [0.25, 0.3) is 0 Å². The van der Waals surface area contributed by atoms with Crippen molar-refractivity contribution in [2.24, 2.45) is 0 Å². The summed E-state index contributed by atoms with van der Waals surface area (Å²) in [6.07, 6.45) is 14.0. The topological polar surface area (TPSA) is 130 Å².